The lowest BCUT2D eigenvalue weighted by Gasteiger charge is -2.38. The molecule has 0 spiro atoms. The van der Waals surface area contributed by atoms with Crippen molar-refractivity contribution in [2.75, 3.05) is 43.4 Å². The van der Waals surface area contributed by atoms with E-state index in [4.69, 9.17) is 4.74 Å². The van der Waals surface area contributed by atoms with Gasteiger partial charge in [-0.1, -0.05) is 80.1 Å². The smallest absolute Gasteiger partial charge is 0.325 e. The Morgan fingerprint density at radius 2 is 1.50 bits per heavy atom. The number of likely N-dealkylation sites (tertiary alicyclic amines) is 1. The summed E-state index contributed by atoms with van der Waals surface area (Å²) in [6, 6.07) is 26.1. The molecule has 0 radical (unpaired) electrons. The molecule has 4 N–H and O–H groups in total. The number of benzene rings is 3. The summed E-state index contributed by atoms with van der Waals surface area (Å²) in [5.41, 5.74) is 3.04. The lowest BCUT2D eigenvalue weighted by atomic mass is 9.91. The van der Waals surface area contributed by atoms with Gasteiger partial charge in [0.05, 0.1) is 23.0 Å². The number of carbonyl (C=O) groups excluding carboxylic acids is 3. The van der Waals surface area contributed by atoms with Crippen molar-refractivity contribution < 1.29 is 19.1 Å². The summed E-state index contributed by atoms with van der Waals surface area (Å²) in [5, 5.41) is 11.8. The highest BCUT2D eigenvalue weighted by Crippen LogP contribution is 2.32. The molecule has 1 aliphatic heterocycles. The first-order chi connectivity index (χ1) is 22.1. The lowest BCUT2D eigenvalue weighted by molar-refractivity contribution is -0.152. The van der Waals surface area contributed by atoms with Gasteiger partial charge in [0.25, 0.3) is 5.91 Å². The molecule has 3 aromatic rings. The summed E-state index contributed by atoms with van der Waals surface area (Å²) >= 11 is 0. The maximum absolute atomic E-state index is 13.6. The third-order valence-corrected chi connectivity index (χ3v) is 8.00. The molecular formula is C37H49N5O4. The van der Waals surface area contributed by atoms with Gasteiger partial charge < -0.3 is 26.0 Å². The largest absolute Gasteiger partial charge is 0.459 e. The summed E-state index contributed by atoms with van der Waals surface area (Å²) in [4.78, 5) is 41.2. The van der Waals surface area contributed by atoms with Gasteiger partial charge in [-0.15, -0.1) is 0 Å². The van der Waals surface area contributed by atoms with Gasteiger partial charge in [0, 0.05) is 13.1 Å². The topological polar surface area (TPSA) is 112 Å². The van der Waals surface area contributed by atoms with Crippen LogP contribution in [0.25, 0.3) is 0 Å². The van der Waals surface area contributed by atoms with Gasteiger partial charge in [0.1, 0.15) is 12.1 Å². The molecule has 246 valence electrons. The molecule has 0 atom stereocenters. The van der Waals surface area contributed by atoms with Crippen molar-refractivity contribution in [1.29, 1.82) is 0 Å². The van der Waals surface area contributed by atoms with Crippen molar-refractivity contribution in [3.63, 3.8) is 0 Å². The van der Waals surface area contributed by atoms with E-state index in [-0.39, 0.29) is 18.5 Å². The summed E-state index contributed by atoms with van der Waals surface area (Å²) in [5.74, 6) is -0.387. The first-order valence-corrected chi connectivity index (χ1v) is 16.4. The normalized spacial score (nSPS) is 14.0. The summed E-state index contributed by atoms with van der Waals surface area (Å²) in [6.45, 7) is 10.2. The second-order valence-electron chi connectivity index (χ2n) is 12.8. The van der Waals surface area contributed by atoms with E-state index in [0.29, 0.717) is 35.9 Å². The van der Waals surface area contributed by atoms with E-state index in [1.165, 1.54) is 11.1 Å². The SMILES string of the molecule is CCCCNC(=O)Nc1c(NCC(=O)OC(C)(C)C)cccc1C(=O)NCC1CCN(C(c2ccccc2)c2ccccc2)CC1. The number of anilines is 2. The van der Waals surface area contributed by atoms with Gasteiger partial charge in [-0.05, 0) is 82.3 Å². The molecule has 1 heterocycles. The first-order valence-electron chi connectivity index (χ1n) is 16.4. The first kappa shape index (κ1) is 34.5. The van der Waals surface area contributed by atoms with E-state index >= 15 is 0 Å². The fourth-order valence-electron chi connectivity index (χ4n) is 5.74. The van der Waals surface area contributed by atoms with Crippen LogP contribution in [0.3, 0.4) is 0 Å². The number of carbonyl (C=O) groups is 3. The second kappa shape index (κ2) is 16.8. The van der Waals surface area contributed by atoms with Gasteiger partial charge in [0.2, 0.25) is 0 Å². The van der Waals surface area contributed by atoms with E-state index in [0.717, 1.165) is 38.8 Å². The second-order valence-corrected chi connectivity index (χ2v) is 12.8. The van der Waals surface area contributed by atoms with Crippen molar-refractivity contribution in [2.24, 2.45) is 5.92 Å². The number of hydrogen-bond donors (Lipinski definition) is 4. The van der Waals surface area contributed by atoms with E-state index in [1.807, 2.05) is 19.1 Å². The molecule has 3 aromatic carbocycles. The minimum atomic E-state index is -0.624. The zero-order valence-corrected chi connectivity index (χ0v) is 27.6. The Kier molecular flexibility index (Phi) is 12.6. The van der Waals surface area contributed by atoms with Crippen LogP contribution in [-0.4, -0.2) is 61.1 Å². The van der Waals surface area contributed by atoms with Crippen LogP contribution in [0, 0.1) is 5.92 Å². The van der Waals surface area contributed by atoms with Crippen LogP contribution in [0.15, 0.2) is 78.9 Å². The Labute approximate surface area is 273 Å². The van der Waals surface area contributed by atoms with Crippen LogP contribution in [0.4, 0.5) is 16.2 Å². The molecule has 0 bridgehead atoms. The molecule has 0 saturated carbocycles. The maximum Gasteiger partial charge on any atom is 0.325 e. The van der Waals surface area contributed by atoms with Gasteiger partial charge >= 0.3 is 12.0 Å². The summed E-state index contributed by atoms with van der Waals surface area (Å²) < 4.78 is 5.42. The van der Waals surface area contributed by atoms with Crippen LogP contribution in [0.5, 0.6) is 0 Å². The van der Waals surface area contributed by atoms with Crippen molar-refractivity contribution in [3.05, 3.63) is 95.6 Å². The summed E-state index contributed by atoms with van der Waals surface area (Å²) in [6.07, 6.45) is 3.70. The van der Waals surface area contributed by atoms with Crippen LogP contribution in [0.2, 0.25) is 0 Å². The molecule has 0 aromatic heterocycles. The Morgan fingerprint density at radius 1 is 0.870 bits per heavy atom. The lowest BCUT2D eigenvalue weighted by Crippen LogP contribution is -2.41. The number of ether oxygens (including phenoxy) is 1. The fraction of sp³-hybridized carbons (Fsp3) is 0.432. The average Bonchev–Trinajstić information content (AvgIpc) is 3.04. The maximum atomic E-state index is 13.6. The number of esters is 1. The molecule has 0 unspecified atom stereocenters. The molecule has 1 aliphatic rings. The third-order valence-electron chi connectivity index (χ3n) is 8.00. The molecule has 9 nitrogen and oxygen atoms in total. The van der Waals surface area contributed by atoms with Crippen LogP contribution >= 0.6 is 0 Å². The minimum Gasteiger partial charge on any atom is -0.459 e. The number of urea groups is 1. The van der Waals surface area contributed by atoms with Crippen LogP contribution in [-0.2, 0) is 9.53 Å². The highest BCUT2D eigenvalue weighted by Gasteiger charge is 2.28. The van der Waals surface area contributed by atoms with Gasteiger partial charge in [-0.3, -0.25) is 14.5 Å². The van der Waals surface area contributed by atoms with E-state index in [1.54, 1.807) is 39.0 Å². The number of nitrogens with zero attached hydrogens (tertiary/aromatic N) is 1. The number of para-hydroxylation sites is 1. The highest BCUT2D eigenvalue weighted by molar-refractivity contribution is 6.07. The van der Waals surface area contributed by atoms with E-state index in [9.17, 15) is 14.4 Å². The van der Waals surface area contributed by atoms with E-state index in [2.05, 4.69) is 74.7 Å². The van der Waals surface area contributed by atoms with Gasteiger partial charge in [0.15, 0.2) is 0 Å². The van der Waals surface area contributed by atoms with Gasteiger partial charge in [-0.25, -0.2) is 4.79 Å². The quantitative estimate of drug-likeness (QED) is 0.126. The van der Waals surface area contributed by atoms with E-state index < -0.39 is 17.6 Å². The van der Waals surface area contributed by atoms with Crippen LogP contribution in [0.1, 0.15) is 80.9 Å². The zero-order valence-electron chi connectivity index (χ0n) is 27.6. The van der Waals surface area contributed by atoms with Crippen molar-refractivity contribution >= 4 is 29.3 Å². The van der Waals surface area contributed by atoms with Crippen molar-refractivity contribution in [3.8, 4) is 0 Å². The van der Waals surface area contributed by atoms with Gasteiger partial charge in [-0.2, -0.15) is 0 Å². The molecule has 3 amide bonds. The average molecular weight is 628 g/mol. The number of nitrogens with one attached hydrogen (secondary N) is 4. The molecule has 4 rings (SSSR count). The predicted molar refractivity (Wildman–Crippen MR) is 184 cm³/mol. The Bertz CT molecular complexity index is 1380. The molecule has 9 heteroatoms. The Balaban J connectivity index is 1.41. The number of amides is 3. The fourth-order valence-corrected chi connectivity index (χ4v) is 5.74. The van der Waals surface area contributed by atoms with Crippen molar-refractivity contribution in [1.82, 2.24) is 15.5 Å². The molecule has 46 heavy (non-hydrogen) atoms. The van der Waals surface area contributed by atoms with Crippen molar-refractivity contribution in [2.45, 2.75) is 65.0 Å². The predicted octanol–water partition coefficient (Wildman–Crippen LogP) is 6.59. The zero-order chi connectivity index (χ0) is 32.9. The third kappa shape index (κ3) is 10.3. The summed E-state index contributed by atoms with van der Waals surface area (Å²) in [7, 11) is 0. The molecule has 0 aliphatic carbocycles. The Morgan fingerprint density at radius 3 is 2.09 bits per heavy atom. The standard InChI is InChI=1S/C37H49N5O4/c1-5-6-22-38-36(45)41-33-30(18-13-19-31(33)39-26-32(43)46-37(2,3)4)35(44)40-25-27-20-23-42(24-21-27)34(28-14-9-7-10-15-28)29-16-11-8-12-17-29/h7-19,27,34,39H,5-6,20-26H2,1-4H3,(H,40,44)(H2,38,41,45). The highest BCUT2D eigenvalue weighted by atomic mass is 16.6. The monoisotopic (exact) mass is 627 g/mol. The molecular weight excluding hydrogens is 578 g/mol. The van der Waals surface area contributed by atoms with Crippen LogP contribution < -0.4 is 21.3 Å². The number of rotatable bonds is 13. The minimum absolute atomic E-state index is 0.111. The number of hydrogen-bond acceptors (Lipinski definition) is 6. The number of unbranched alkanes of at least 4 members (excludes halogenated alkanes) is 1. The Hall–Kier alpha value is -4.37. The molecule has 1 fully saturated rings. The number of piperidine rings is 1. The molecule has 1 saturated heterocycles.